The van der Waals surface area contributed by atoms with E-state index in [9.17, 15) is 8.42 Å². The lowest BCUT2D eigenvalue weighted by Gasteiger charge is -2.17. The molecule has 0 bridgehead atoms. The van der Waals surface area contributed by atoms with Crippen molar-refractivity contribution >= 4 is 10.0 Å². The molecule has 1 aromatic rings. The van der Waals surface area contributed by atoms with Crippen molar-refractivity contribution < 1.29 is 13.2 Å². The number of nitrogens with zero attached hydrogens (tertiary/aromatic N) is 1. The third-order valence-corrected chi connectivity index (χ3v) is 5.01. The van der Waals surface area contributed by atoms with E-state index in [4.69, 9.17) is 10.5 Å². The van der Waals surface area contributed by atoms with Crippen molar-refractivity contribution in [2.75, 3.05) is 13.2 Å². The zero-order valence-electron chi connectivity index (χ0n) is 11.6. The van der Waals surface area contributed by atoms with Crippen LogP contribution in [0.3, 0.4) is 0 Å². The summed E-state index contributed by atoms with van der Waals surface area (Å²) in [5.74, 6) is 0.242. The molecule has 7 heteroatoms. The van der Waals surface area contributed by atoms with E-state index in [0.717, 1.165) is 12.8 Å². The van der Waals surface area contributed by atoms with Crippen LogP contribution in [0.15, 0.2) is 23.2 Å². The molecular weight excluding hydrogens is 278 g/mol. The van der Waals surface area contributed by atoms with Crippen molar-refractivity contribution in [1.82, 2.24) is 9.71 Å². The summed E-state index contributed by atoms with van der Waals surface area (Å²) in [6.45, 7) is 3.45. The highest BCUT2D eigenvalue weighted by atomic mass is 32.2. The molecule has 0 radical (unpaired) electrons. The Hall–Kier alpha value is -1.02. The molecule has 0 amide bonds. The highest BCUT2D eigenvalue weighted by Gasteiger charge is 2.28. The Balaban J connectivity index is 1.99. The molecule has 1 aliphatic heterocycles. The molecular formula is C13H21N3O3S. The number of rotatable bonds is 6. The number of nitrogens with one attached hydrogen (secondary N) is 1. The van der Waals surface area contributed by atoms with Crippen molar-refractivity contribution in [2.24, 2.45) is 11.7 Å². The first-order valence-corrected chi connectivity index (χ1v) is 8.31. The Morgan fingerprint density at radius 1 is 1.50 bits per heavy atom. The largest absolute Gasteiger partial charge is 0.378 e. The number of ether oxygens (including phenoxy) is 1. The quantitative estimate of drug-likeness (QED) is 0.803. The normalized spacial score (nSPS) is 23.1. The van der Waals surface area contributed by atoms with Crippen molar-refractivity contribution in [3.05, 3.63) is 24.0 Å². The van der Waals surface area contributed by atoms with E-state index >= 15 is 0 Å². The summed E-state index contributed by atoms with van der Waals surface area (Å²) in [6.07, 6.45) is 3.28. The van der Waals surface area contributed by atoms with Crippen molar-refractivity contribution in [2.45, 2.75) is 37.3 Å². The Morgan fingerprint density at radius 2 is 2.30 bits per heavy atom. The van der Waals surface area contributed by atoms with Crippen LogP contribution in [0.1, 0.15) is 25.5 Å². The Labute approximate surface area is 119 Å². The molecule has 0 aliphatic carbocycles. The maximum absolute atomic E-state index is 12.2. The Morgan fingerprint density at radius 3 is 2.90 bits per heavy atom. The zero-order chi connectivity index (χ0) is 14.6. The van der Waals surface area contributed by atoms with Crippen LogP contribution >= 0.6 is 0 Å². The second-order valence-electron chi connectivity index (χ2n) is 4.91. The summed E-state index contributed by atoms with van der Waals surface area (Å²) in [5.41, 5.74) is 6.11. The summed E-state index contributed by atoms with van der Waals surface area (Å²) in [4.78, 5) is 4.17. The van der Waals surface area contributed by atoms with Gasteiger partial charge in [0.1, 0.15) is 4.90 Å². The highest BCUT2D eigenvalue weighted by Crippen LogP contribution is 2.23. The van der Waals surface area contributed by atoms with Gasteiger partial charge in [0.15, 0.2) is 0 Å². The number of hydrogen-bond donors (Lipinski definition) is 2. The van der Waals surface area contributed by atoms with Gasteiger partial charge in [-0.1, -0.05) is 6.92 Å². The van der Waals surface area contributed by atoms with Gasteiger partial charge in [0.05, 0.1) is 11.8 Å². The van der Waals surface area contributed by atoms with E-state index in [2.05, 4.69) is 9.71 Å². The van der Waals surface area contributed by atoms with Crippen LogP contribution in [0.25, 0.3) is 0 Å². The van der Waals surface area contributed by atoms with Gasteiger partial charge >= 0.3 is 0 Å². The van der Waals surface area contributed by atoms with Gasteiger partial charge in [-0.15, -0.1) is 0 Å². The molecule has 0 spiro atoms. The first kappa shape index (κ1) is 15.4. The standard InChI is InChI=1S/C13H21N3O3S/c1-2-13-10(5-6-19-13)8-16-20(17,18)12-4-3-11(7-14)15-9-12/h3-4,9-10,13,16H,2,5-8,14H2,1H3. The van der Waals surface area contributed by atoms with Crippen LogP contribution in [0.4, 0.5) is 0 Å². The van der Waals surface area contributed by atoms with Crippen molar-refractivity contribution in [3.63, 3.8) is 0 Å². The van der Waals surface area contributed by atoms with E-state index in [1.54, 1.807) is 6.07 Å². The molecule has 0 saturated carbocycles. The van der Waals surface area contributed by atoms with Crippen LogP contribution in [0.2, 0.25) is 0 Å². The molecule has 0 aromatic carbocycles. The molecule has 2 heterocycles. The fourth-order valence-corrected chi connectivity index (χ4v) is 3.41. The minimum atomic E-state index is -3.51. The van der Waals surface area contributed by atoms with Crippen LogP contribution in [-0.2, 0) is 21.3 Å². The molecule has 2 unspecified atom stereocenters. The maximum atomic E-state index is 12.2. The number of nitrogens with two attached hydrogens (primary N) is 1. The van der Waals surface area contributed by atoms with E-state index in [1.807, 2.05) is 6.92 Å². The zero-order valence-corrected chi connectivity index (χ0v) is 12.4. The SMILES string of the molecule is CCC1OCCC1CNS(=O)(=O)c1ccc(CN)nc1. The fourth-order valence-electron chi connectivity index (χ4n) is 2.37. The molecule has 1 fully saturated rings. The molecule has 112 valence electrons. The van der Waals surface area contributed by atoms with Gasteiger partial charge in [0.2, 0.25) is 10.0 Å². The van der Waals surface area contributed by atoms with Crippen LogP contribution in [0, 0.1) is 5.92 Å². The third kappa shape index (κ3) is 3.54. The second-order valence-corrected chi connectivity index (χ2v) is 6.67. The molecule has 1 aliphatic rings. The monoisotopic (exact) mass is 299 g/mol. The maximum Gasteiger partial charge on any atom is 0.242 e. The van der Waals surface area contributed by atoms with Gasteiger partial charge in [-0.3, -0.25) is 4.98 Å². The lowest BCUT2D eigenvalue weighted by molar-refractivity contribution is 0.0884. The van der Waals surface area contributed by atoms with Gasteiger partial charge < -0.3 is 10.5 Å². The van der Waals surface area contributed by atoms with E-state index < -0.39 is 10.0 Å². The molecule has 2 atom stereocenters. The first-order valence-electron chi connectivity index (χ1n) is 6.83. The fraction of sp³-hybridized carbons (Fsp3) is 0.615. The molecule has 1 aromatic heterocycles. The lowest BCUT2D eigenvalue weighted by atomic mass is 10.0. The van der Waals surface area contributed by atoms with E-state index in [-0.39, 0.29) is 16.9 Å². The first-order chi connectivity index (χ1) is 9.56. The van der Waals surface area contributed by atoms with Crippen molar-refractivity contribution in [3.8, 4) is 0 Å². The Kier molecular flexibility index (Phi) is 5.09. The van der Waals surface area contributed by atoms with E-state index in [0.29, 0.717) is 25.4 Å². The summed E-state index contributed by atoms with van der Waals surface area (Å²) in [5, 5.41) is 0. The molecule has 6 nitrogen and oxygen atoms in total. The Bertz CT molecular complexity index is 530. The predicted molar refractivity (Wildman–Crippen MR) is 75.5 cm³/mol. The third-order valence-electron chi connectivity index (χ3n) is 3.60. The van der Waals surface area contributed by atoms with Crippen LogP contribution < -0.4 is 10.5 Å². The molecule has 1 saturated heterocycles. The minimum Gasteiger partial charge on any atom is -0.378 e. The number of sulfonamides is 1. The second kappa shape index (κ2) is 6.62. The number of hydrogen-bond acceptors (Lipinski definition) is 5. The summed E-state index contributed by atoms with van der Waals surface area (Å²) in [7, 11) is -3.51. The molecule has 20 heavy (non-hydrogen) atoms. The molecule has 2 rings (SSSR count). The van der Waals surface area contributed by atoms with Gasteiger partial charge in [-0.25, -0.2) is 13.1 Å². The number of aromatic nitrogens is 1. The summed E-state index contributed by atoms with van der Waals surface area (Å²) < 4.78 is 32.5. The average molecular weight is 299 g/mol. The van der Waals surface area contributed by atoms with E-state index in [1.165, 1.54) is 12.3 Å². The predicted octanol–water partition coefficient (Wildman–Crippen LogP) is 0.634. The molecule has 3 N–H and O–H groups in total. The minimum absolute atomic E-state index is 0.149. The van der Waals surface area contributed by atoms with Gasteiger partial charge in [-0.05, 0) is 25.0 Å². The van der Waals surface area contributed by atoms with Crippen molar-refractivity contribution in [1.29, 1.82) is 0 Å². The highest BCUT2D eigenvalue weighted by molar-refractivity contribution is 7.89. The lowest BCUT2D eigenvalue weighted by Crippen LogP contribution is -2.32. The summed E-state index contributed by atoms with van der Waals surface area (Å²) in [6, 6.07) is 3.15. The number of pyridine rings is 1. The average Bonchev–Trinajstić information content (AvgIpc) is 2.93. The van der Waals surface area contributed by atoms with Gasteiger partial charge in [-0.2, -0.15) is 0 Å². The van der Waals surface area contributed by atoms with Crippen LogP contribution in [0.5, 0.6) is 0 Å². The van der Waals surface area contributed by atoms with Crippen LogP contribution in [-0.4, -0.2) is 32.7 Å². The van der Waals surface area contributed by atoms with Gasteiger partial charge in [0, 0.05) is 31.8 Å². The smallest absolute Gasteiger partial charge is 0.242 e. The topological polar surface area (TPSA) is 94.3 Å². The summed E-state index contributed by atoms with van der Waals surface area (Å²) >= 11 is 0. The van der Waals surface area contributed by atoms with Gasteiger partial charge in [0.25, 0.3) is 0 Å².